The summed E-state index contributed by atoms with van der Waals surface area (Å²) in [6.07, 6.45) is -1.18. The fourth-order valence-electron chi connectivity index (χ4n) is 8.78. The number of aromatic hydroxyl groups is 1. The monoisotopic (exact) mass is 1210 g/mol. The number of phenols is 1. The zero-order valence-corrected chi connectivity index (χ0v) is 49.3. The van der Waals surface area contributed by atoms with Crippen LogP contribution in [0.3, 0.4) is 0 Å². The van der Waals surface area contributed by atoms with Crippen LogP contribution in [0.15, 0.2) is 79.0 Å². The molecule has 3 aromatic carbocycles. The minimum atomic E-state index is -1.93. The van der Waals surface area contributed by atoms with Crippen LogP contribution >= 0.6 is 0 Å². The number of H-pyrrole nitrogens is 1. The van der Waals surface area contributed by atoms with Crippen LogP contribution in [0, 0.1) is 17.1 Å². The molecule has 4 rings (SSSR count). The number of carbonyl (C=O) groups is 11. The first-order valence-electron chi connectivity index (χ1n) is 27.8. The minimum Gasteiger partial charge on any atom is -0.508 e. The van der Waals surface area contributed by atoms with Crippen LogP contribution in [-0.4, -0.2) is 154 Å². The number of fused-ring (bicyclic) bond motifs is 1. The topological polar surface area (TPSA) is 464 Å². The third-order valence-corrected chi connectivity index (χ3v) is 13.4. The highest BCUT2D eigenvalue weighted by Crippen LogP contribution is 2.20. The van der Waals surface area contributed by atoms with Gasteiger partial charge in [-0.2, -0.15) is 0 Å². The lowest BCUT2D eigenvalue weighted by Gasteiger charge is -2.30. The zero-order chi connectivity index (χ0) is 64.7. The Kier molecular flexibility index (Phi) is 26.4. The van der Waals surface area contributed by atoms with E-state index in [-0.39, 0.29) is 61.8 Å². The Morgan fingerprint density at radius 3 is 1.82 bits per heavy atom. The van der Waals surface area contributed by atoms with Gasteiger partial charge in [0.15, 0.2) is 5.96 Å². The molecule has 0 aliphatic rings. The zero-order valence-electron chi connectivity index (χ0n) is 49.3. The molecule has 1 aromatic heterocycles. The summed E-state index contributed by atoms with van der Waals surface area (Å²) in [6, 6.07) is 6.07. The van der Waals surface area contributed by atoms with Gasteiger partial charge in [0.05, 0.1) is 12.5 Å². The van der Waals surface area contributed by atoms with E-state index >= 15 is 0 Å². The van der Waals surface area contributed by atoms with Crippen molar-refractivity contribution in [1.82, 2.24) is 69.0 Å². The molecule has 472 valence electrons. The van der Waals surface area contributed by atoms with E-state index in [4.69, 9.17) is 16.9 Å². The SMILES string of the molecule is CNC(=N)NCCC[C@H](NC(=O)[C@H](CC(C)C)NC(=O)NNC(=O)[C@H](Cc1ccc(F)cc1)NC(=O)[C@@H](NC(=O)[C@H](CC(N)=O)NC(=O)C(C)(C)NC(=O)[C@@H](Cc1ccc(O)cc1)NC(C)=O)[C@@H](C)O)C(=O)N[C@@H](Cc1c[nH]c2ccccc12)C(N)=O. The van der Waals surface area contributed by atoms with Crippen molar-refractivity contribution in [3.8, 4) is 5.75 Å². The van der Waals surface area contributed by atoms with Gasteiger partial charge >= 0.3 is 6.03 Å². The minimum absolute atomic E-state index is 0.00272. The van der Waals surface area contributed by atoms with E-state index in [1.807, 2.05) is 24.3 Å². The highest BCUT2D eigenvalue weighted by molar-refractivity contribution is 6.00. The molecule has 29 nitrogen and oxygen atoms in total. The molecule has 0 spiro atoms. The second-order valence-electron chi connectivity index (χ2n) is 21.6. The maximum atomic E-state index is 14.1. The van der Waals surface area contributed by atoms with Crippen LogP contribution in [0.25, 0.3) is 10.9 Å². The van der Waals surface area contributed by atoms with E-state index in [0.717, 1.165) is 30.0 Å². The number of para-hydroxylation sites is 1. The highest BCUT2D eigenvalue weighted by atomic mass is 19.1. The van der Waals surface area contributed by atoms with Gasteiger partial charge in [-0.25, -0.2) is 14.6 Å². The maximum Gasteiger partial charge on any atom is 0.334 e. The van der Waals surface area contributed by atoms with Crippen LogP contribution in [0.1, 0.15) is 83.9 Å². The number of benzene rings is 3. The number of carbonyl (C=O) groups excluding carboxylic acids is 11. The quantitative estimate of drug-likeness (QED) is 0.0111. The fraction of sp³-hybridized carbons (Fsp3) is 0.439. The summed E-state index contributed by atoms with van der Waals surface area (Å²) in [5.41, 5.74) is 15.9. The molecule has 0 aliphatic heterocycles. The van der Waals surface area contributed by atoms with Gasteiger partial charge < -0.3 is 79.8 Å². The van der Waals surface area contributed by atoms with Crippen LogP contribution in [0.5, 0.6) is 5.75 Å². The molecule has 0 bridgehead atoms. The summed E-state index contributed by atoms with van der Waals surface area (Å²) in [4.78, 5) is 151. The summed E-state index contributed by atoms with van der Waals surface area (Å²) < 4.78 is 14.0. The van der Waals surface area contributed by atoms with Gasteiger partial charge in [-0.15, -0.1) is 0 Å². The second kappa shape index (κ2) is 33.0. The predicted octanol–water partition coefficient (Wildman–Crippen LogP) is -2.13. The Hall–Kier alpha value is -9.87. The number of rotatable bonds is 31. The number of hydrogen-bond donors (Lipinski definition) is 18. The van der Waals surface area contributed by atoms with Gasteiger partial charge in [0.25, 0.3) is 5.91 Å². The molecule has 30 heteroatoms. The van der Waals surface area contributed by atoms with Crippen molar-refractivity contribution < 1.29 is 67.3 Å². The van der Waals surface area contributed by atoms with Gasteiger partial charge in [0.2, 0.25) is 53.2 Å². The highest BCUT2D eigenvalue weighted by Gasteiger charge is 2.38. The molecular formula is C57H79FN16O13. The smallest absolute Gasteiger partial charge is 0.334 e. The summed E-state index contributed by atoms with van der Waals surface area (Å²) >= 11 is 0. The number of phenolic OH excluding ortho intramolecular Hbond substituents is 1. The number of primary amides is 2. The predicted molar refractivity (Wildman–Crippen MR) is 315 cm³/mol. The third-order valence-electron chi connectivity index (χ3n) is 13.4. The number of aromatic amines is 1. The molecule has 12 amide bonds. The van der Waals surface area contributed by atoms with Crippen molar-refractivity contribution in [3.63, 3.8) is 0 Å². The molecule has 8 atom stereocenters. The van der Waals surface area contributed by atoms with Gasteiger partial charge in [-0.3, -0.25) is 58.8 Å². The molecular weight excluding hydrogens is 1140 g/mol. The molecule has 0 aliphatic carbocycles. The average Bonchev–Trinajstić information content (AvgIpc) is 3.73. The first-order valence-corrected chi connectivity index (χ1v) is 27.8. The van der Waals surface area contributed by atoms with Crippen molar-refractivity contribution in [3.05, 3.63) is 102 Å². The number of guanidine groups is 1. The fourth-order valence-corrected chi connectivity index (χ4v) is 8.78. The Bertz CT molecular complexity index is 3100. The number of urea groups is 1. The van der Waals surface area contributed by atoms with Crippen molar-refractivity contribution in [2.75, 3.05) is 13.6 Å². The number of hydrazine groups is 1. The number of nitrogens with one attached hydrogen (secondary N) is 14. The number of aliphatic hydroxyl groups excluding tert-OH is 1. The Labute approximate surface area is 500 Å². The first kappa shape index (κ1) is 69.6. The molecule has 0 unspecified atom stereocenters. The number of aromatic nitrogens is 1. The molecule has 0 fully saturated rings. The first-order chi connectivity index (χ1) is 41.0. The largest absolute Gasteiger partial charge is 0.508 e. The lowest BCUT2D eigenvalue weighted by Crippen LogP contribution is -2.64. The number of hydrogen-bond acceptors (Lipinski definition) is 14. The van der Waals surface area contributed by atoms with Crippen LogP contribution in [0.4, 0.5) is 9.18 Å². The lowest BCUT2D eigenvalue weighted by atomic mass is 9.99. The van der Waals surface area contributed by atoms with Gasteiger partial charge in [-0.1, -0.05) is 56.3 Å². The van der Waals surface area contributed by atoms with Gasteiger partial charge in [0, 0.05) is 56.9 Å². The average molecular weight is 1220 g/mol. The molecule has 1 heterocycles. The molecule has 87 heavy (non-hydrogen) atoms. The van der Waals surface area contributed by atoms with Crippen LogP contribution < -0.4 is 75.5 Å². The second-order valence-corrected chi connectivity index (χ2v) is 21.6. The third kappa shape index (κ3) is 22.9. The van der Waals surface area contributed by atoms with E-state index < -0.39 is 138 Å². The van der Waals surface area contributed by atoms with E-state index in [9.17, 15) is 67.3 Å². The number of aliphatic hydroxyl groups is 1. The van der Waals surface area contributed by atoms with E-state index in [1.54, 1.807) is 20.0 Å². The van der Waals surface area contributed by atoms with E-state index in [2.05, 4.69) is 69.0 Å². The van der Waals surface area contributed by atoms with Crippen LogP contribution in [-0.2, 0) is 67.2 Å². The van der Waals surface area contributed by atoms with Crippen molar-refractivity contribution >= 4 is 82.0 Å². The summed E-state index contributed by atoms with van der Waals surface area (Å²) in [5, 5.41) is 54.3. The molecule has 0 saturated carbocycles. The van der Waals surface area contributed by atoms with Gasteiger partial charge in [-0.05, 0) is 93.0 Å². The Morgan fingerprint density at radius 2 is 1.23 bits per heavy atom. The molecule has 0 radical (unpaired) electrons. The van der Waals surface area contributed by atoms with Gasteiger partial charge in [0.1, 0.15) is 59.4 Å². The number of amides is 12. The van der Waals surface area contributed by atoms with Crippen molar-refractivity contribution in [2.24, 2.45) is 17.4 Å². The van der Waals surface area contributed by atoms with E-state index in [0.29, 0.717) is 11.1 Å². The number of halogens is 1. The molecule has 20 N–H and O–H groups in total. The molecule has 4 aromatic rings. The Morgan fingerprint density at radius 1 is 0.655 bits per heavy atom. The normalized spacial score (nSPS) is 13.9. The standard InChI is InChI=1S/C57H79FN16O13/c1-29(2)23-41(49(81)66-39(13-10-22-63-55(61)62-7)48(80)67-40(47(60)79)26-34-28-64-38-12-9-8-11-37(34)38)70-56(87)74-73-52(84)43(25-32-14-18-35(58)19-15-32)68-53(85)46(30(3)75)71-50(82)44(27-45(59)78)69-54(86)57(5,6)72-51(83)42(65-31(4)76)24-33-16-20-36(77)21-17-33/h8-9,11-12,14-21,28-30,39-44,46,64,75,77H,10,13,22-27H2,1-7H3,(H2,59,78)(H2,60,79)(H,65,76)(H,66,81)(H,67,80)(H,68,85)(H,69,86)(H,71,82)(H,72,83)(H,73,84)(H3,61,62,63)(H2,70,74,87)/t30-,39+,40+,41+,42-,43+,44+,46+/m1/s1. The van der Waals surface area contributed by atoms with Crippen LogP contribution in [0.2, 0.25) is 0 Å². The maximum absolute atomic E-state index is 14.1. The molecule has 0 saturated heterocycles. The van der Waals surface area contributed by atoms with Crippen molar-refractivity contribution in [2.45, 2.75) is 140 Å². The lowest BCUT2D eigenvalue weighted by molar-refractivity contribution is -0.138. The Balaban J connectivity index is 1.49. The van der Waals surface area contributed by atoms with Crippen molar-refractivity contribution in [1.29, 1.82) is 5.41 Å². The summed E-state index contributed by atoms with van der Waals surface area (Å²) in [6.45, 7) is 8.45. The number of nitrogens with two attached hydrogens (primary N) is 2. The summed E-state index contributed by atoms with van der Waals surface area (Å²) in [7, 11) is 1.53. The summed E-state index contributed by atoms with van der Waals surface area (Å²) in [5.74, 6) is -10.6. The van der Waals surface area contributed by atoms with E-state index in [1.165, 1.54) is 64.2 Å².